The van der Waals surface area contributed by atoms with Crippen molar-refractivity contribution in [2.75, 3.05) is 32.2 Å². The third kappa shape index (κ3) is 9.67. The molecule has 1 saturated heterocycles. The number of fused-ring (bicyclic) bond motifs is 1. The van der Waals surface area contributed by atoms with E-state index in [0.29, 0.717) is 36.2 Å². The zero-order chi connectivity index (χ0) is 38.3. The first kappa shape index (κ1) is 39.1. The highest BCUT2D eigenvalue weighted by molar-refractivity contribution is 7.92. The lowest BCUT2D eigenvalue weighted by Gasteiger charge is -2.31. The molecule has 15 heteroatoms. The Hall–Kier alpha value is -5.09. The number of esters is 1. The summed E-state index contributed by atoms with van der Waals surface area (Å²) in [5.41, 5.74) is -2.22. The van der Waals surface area contributed by atoms with E-state index in [-0.39, 0.29) is 16.0 Å². The summed E-state index contributed by atoms with van der Waals surface area (Å²) in [6, 6.07) is 19.2. The number of amides is 1. The zero-order valence-corrected chi connectivity index (χ0v) is 30.1. The van der Waals surface area contributed by atoms with Crippen molar-refractivity contribution in [2.45, 2.75) is 67.5 Å². The number of carbonyl (C=O) groups excluding carboxylic acids is 2. The zero-order valence-electron chi connectivity index (χ0n) is 29.3. The molecule has 4 N–H and O–H groups in total. The van der Waals surface area contributed by atoms with Crippen molar-refractivity contribution in [3.05, 3.63) is 83.4 Å². The number of sulfone groups is 1. The number of nitrogens with zero attached hydrogens (tertiary/aromatic N) is 1. The van der Waals surface area contributed by atoms with Crippen molar-refractivity contribution in [3.63, 3.8) is 0 Å². The monoisotopic (exact) mass is 750 g/mol. The van der Waals surface area contributed by atoms with Crippen LogP contribution in [0.4, 0.5) is 5.69 Å². The quantitative estimate of drug-likeness (QED) is 0.171. The van der Waals surface area contributed by atoms with Gasteiger partial charge in [0.05, 0.1) is 24.3 Å². The van der Waals surface area contributed by atoms with Crippen LogP contribution in [-0.2, 0) is 45.0 Å². The number of aliphatic hydroxyl groups is 1. The number of carboxylic acids is 2. The third-order valence-electron chi connectivity index (χ3n) is 9.17. The van der Waals surface area contributed by atoms with Gasteiger partial charge in [0, 0.05) is 43.5 Å². The Labute approximate surface area is 306 Å². The Balaban J connectivity index is 1.43. The molecular weight excluding hydrogens is 708 g/mol. The molecule has 0 spiro atoms. The molecule has 3 aromatic carbocycles. The maximum absolute atomic E-state index is 14.0. The van der Waals surface area contributed by atoms with Crippen LogP contribution in [0.25, 0.3) is 17.2 Å². The van der Waals surface area contributed by atoms with Gasteiger partial charge in [-0.05, 0) is 91.5 Å². The first-order chi connectivity index (χ1) is 25.2. The molecular formula is C38H42N2O12S. The summed E-state index contributed by atoms with van der Waals surface area (Å²) < 4.78 is 44.3. The number of anilines is 1. The number of hydrogen-bond acceptors (Lipinski definition) is 11. The number of hydrogen-bond donors (Lipinski definition) is 4. The molecule has 0 aliphatic carbocycles. The fourth-order valence-corrected chi connectivity index (χ4v) is 7.91. The molecule has 0 bridgehead atoms. The van der Waals surface area contributed by atoms with E-state index in [1.54, 1.807) is 48.5 Å². The first-order valence-corrected chi connectivity index (χ1v) is 18.6. The van der Waals surface area contributed by atoms with Gasteiger partial charge in [0.25, 0.3) is 5.91 Å². The summed E-state index contributed by atoms with van der Waals surface area (Å²) in [6.45, 7) is 4.47. The lowest BCUT2D eigenvalue weighted by molar-refractivity contribution is -0.172. The average Bonchev–Trinajstić information content (AvgIpc) is 3.22. The highest BCUT2D eigenvalue weighted by Crippen LogP contribution is 2.35. The fraction of sp³-hybridized carbons (Fsp3) is 0.368. The highest BCUT2D eigenvalue weighted by atomic mass is 32.2. The van der Waals surface area contributed by atoms with Crippen molar-refractivity contribution in [1.29, 1.82) is 0 Å². The third-order valence-corrected chi connectivity index (χ3v) is 11.1. The number of ether oxygens (including phenoxy) is 3. The molecule has 14 nitrogen and oxygen atoms in total. The Morgan fingerprint density at radius 2 is 1.60 bits per heavy atom. The Morgan fingerprint density at radius 3 is 2.23 bits per heavy atom. The number of benzene rings is 3. The summed E-state index contributed by atoms with van der Waals surface area (Å²) in [4.78, 5) is 51.7. The van der Waals surface area contributed by atoms with Gasteiger partial charge >= 0.3 is 17.9 Å². The van der Waals surface area contributed by atoms with Crippen molar-refractivity contribution in [2.24, 2.45) is 0 Å². The van der Waals surface area contributed by atoms with Crippen molar-refractivity contribution < 1.29 is 57.1 Å². The van der Waals surface area contributed by atoms with Crippen LogP contribution >= 0.6 is 0 Å². The Bertz CT molecular complexity index is 1970. The van der Waals surface area contributed by atoms with E-state index < -0.39 is 64.0 Å². The largest absolute Gasteiger partial charge is 0.494 e. The van der Waals surface area contributed by atoms with E-state index in [2.05, 4.69) is 17.3 Å². The standard InChI is InChI=1S/C38H42N2O12S/c1-3-51-31-11-6-25(7-12-31)26-8-13-32-27(18-26)19-28(20-35(53(32,48)49)52-34(43)22-38(47,37(45)46)21-33(41)42)36(44)39-29-9-4-24(5-10-29)23-40(2)30-14-16-50-17-15-30/h4-13,18-19,30,35,47H,3,14-17,20-23H2,1-2H3,(H,39,44)(H,41,42)(H,45,46). The number of carbonyl (C=O) groups is 4. The summed E-state index contributed by atoms with van der Waals surface area (Å²) in [6.07, 6.45) is -0.0524. The molecule has 282 valence electrons. The van der Waals surface area contributed by atoms with Crippen molar-refractivity contribution in [3.8, 4) is 16.9 Å². The van der Waals surface area contributed by atoms with Crippen LogP contribution in [0.3, 0.4) is 0 Å². The van der Waals surface area contributed by atoms with E-state index in [4.69, 9.17) is 19.3 Å². The van der Waals surface area contributed by atoms with Gasteiger partial charge in [-0.25, -0.2) is 13.2 Å². The maximum Gasteiger partial charge on any atom is 0.336 e. The number of rotatable bonds is 14. The van der Waals surface area contributed by atoms with E-state index in [1.807, 2.05) is 19.1 Å². The van der Waals surface area contributed by atoms with Gasteiger partial charge in [0.15, 0.2) is 5.60 Å². The molecule has 0 radical (unpaired) electrons. The number of aliphatic carboxylic acids is 2. The highest BCUT2D eigenvalue weighted by Gasteiger charge is 2.44. The molecule has 2 unspecified atom stereocenters. The summed E-state index contributed by atoms with van der Waals surface area (Å²) in [5.74, 6) is -5.23. The van der Waals surface area contributed by atoms with Gasteiger partial charge in [-0.1, -0.05) is 30.3 Å². The van der Waals surface area contributed by atoms with Gasteiger partial charge in [0.2, 0.25) is 15.3 Å². The Kier molecular flexibility index (Phi) is 12.3. The van der Waals surface area contributed by atoms with Crippen LogP contribution in [0.5, 0.6) is 5.75 Å². The smallest absolute Gasteiger partial charge is 0.336 e. The normalized spacial score (nSPS) is 18.1. The van der Waals surface area contributed by atoms with Crippen LogP contribution in [0.15, 0.2) is 77.2 Å². The van der Waals surface area contributed by atoms with Gasteiger partial charge in [-0.2, -0.15) is 0 Å². The van der Waals surface area contributed by atoms with Gasteiger partial charge in [-0.15, -0.1) is 0 Å². The lowest BCUT2D eigenvalue weighted by Crippen LogP contribution is -2.44. The molecule has 3 aromatic rings. The molecule has 2 atom stereocenters. The minimum atomic E-state index is -4.55. The predicted octanol–water partition coefficient (Wildman–Crippen LogP) is 4.11. The SMILES string of the molecule is CCOc1ccc(-c2ccc3c(c2)C=C(C(=O)Nc2ccc(CN(C)C4CCOCC4)cc2)CC(OC(=O)CC(O)(CC(=O)O)C(=O)O)S3(=O)=O)cc1. The molecule has 2 heterocycles. The maximum atomic E-state index is 14.0. The molecule has 1 fully saturated rings. The van der Waals surface area contributed by atoms with Gasteiger partial charge < -0.3 is 34.8 Å². The minimum Gasteiger partial charge on any atom is -0.494 e. The van der Waals surface area contributed by atoms with Gasteiger partial charge in [-0.3, -0.25) is 19.3 Å². The number of nitrogens with one attached hydrogen (secondary N) is 1. The second-order valence-corrected chi connectivity index (χ2v) is 15.1. The molecule has 5 rings (SSSR count). The van der Waals surface area contributed by atoms with Crippen LogP contribution < -0.4 is 10.1 Å². The van der Waals surface area contributed by atoms with Crippen molar-refractivity contribution in [1.82, 2.24) is 4.90 Å². The van der Waals surface area contributed by atoms with Gasteiger partial charge in [0.1, 0.15) is 5.75 Å². The molecule has 53 heavy (non-hydrogen) atoms. The van der Waals surface area contributed by atoms with E-state index >= 15 is 0 Å². The van der Waals surface area contributed by atoms with Crippen molar-refractivity contribution >= 4 is 45.4 Å². The summed E-state index contributed by atoms with van der Waals surface area (Å²) in [5, 5.41) is 31.7. The molecule has 2 aliphatic rings. The van der Waals surface area contributed by atoms with Crippen LogP contribution in [0.1, 0.15) is 50.2 Å². The second kappa shape index (κ2) is 16.7. The second-order valence-electron chi connectivity index (χ2n) is 13.0. The topological polar surface area (TPSA) is 206 Å². The molecule has 2 aliphatic heterocycles. The lowest BCUT2D eigenvalue weighted by atomic mass is 9.96. The minimum absolute atomic E-state index is 0.0728. The predicted molar refractivity (Wildman–Crippen MR) is 193 cm³/mol. The van der Waals surface area contributed by atoms with E-state index in [1.165, 1.54) is 12.1 Å². The van der Waals surface area contributed by atoms with Crippen LogP contribution in [0.2, 0.25) is 0 Å². The summed E-state index contributed by atoms with van der Waals surface area (Å²) in [7, 11) is -2.49. The van der Waals surface area contributed by atoms with Crippen LogP contribution in [-0.4, -0.2) is 96.4 Å². The fourth-order valence-electron chi connectivity index (χ4n) is 6.29. The molecule has 0 aromatic heterocycles. The first-order valence-electron chi connectivity index (χ1n) is 17.1. The molecule has 0 saturated carbocycles. The van der Waals surface area contributed by atoms with E-state index in [0.717, 1.165) is 37.2 Å². The number of carboxylic acid groups (broad SMARTS) is 2. The Morgan fingerprint density at radius 1 is 0.943 bits per heavy atom. The molecule has 1 amide bonds. The average molecular weight is 751 g/mol. The summed E-state index contributed by atoms with van der Waals surface area (Å²) >= 11 is 0. The van der Waals surface area contributed by atoms with Crippen LogP contribution in [0, 0.1) is 0 Å². The van der Waals surface area contributed by atoms with E-state index in [9.17, 15) is 37.8 Å².